The van der Waals surface area contributed by atoms with Gasteiger partial charge in [-0.05, 0) is 0 Å². The molecule has 188 valence electrons. The minimum Gasteiger partial charge on any atom is -0.484 e. The first-order valence-corrected chi connectivity index (χ1v) is 8.91. The minimum atomic E-state index is -7.03. The molecule has 0 bridgehead atoms. The number of hydrogen-bond acceptors (Lipinski definition) is 6. The molecule has 0 aromatic carbocycles. The maximum absolute atomic E-state index is 13.3. The van der Waals surface area contributed by atoms with E-state index in [0.717, 1.165) is 0 Å². The Morgan fingerprint density at radius 2 is 1.15 bits per heavy atom. The second-order valence-corrected chi connectivity index (χ2v) is 6.31. The second kappa shape index (κ2) is 14.1. The van der Waals surface area contributed by atoms with Crippen LogP contribution in [0, 0.1) is 5.92 Å². The second-order valence-electron chi connectivity index (χ2n) is 6.31. The Morgan fingerprint density at radius 1 is 0.727 bits per heavy atom. The van der Waals surface area contributed by atoms with Crippen LogP contribution in [0.2, 0.25) is 0 Å². The molecule has 0 aliphatic heterocycles. The third-order valence-corrected chi connectivity index (χ3v) is 3.88. The van der Waals surface area contributed by atoms with E-state index in [9.17, 15) is 53.9 Å². The van der Waals surface area contributed by atoms with Gasteiger partial charge in [-0.1, -0.05) is 6.92 Å². The van der Waals surface area contributed by atoms with Crippen molar-refractivity contribution in [2.24, 2.45) is 0 Å². The van der Waals surface area contributed by atoms with Gasteiger partial charge in [0.15, 0.2) is 5.97 Å². The van der Waals surface area contributed by atoms with E-state index < -0.39 is 67.7 Å². The molecule has 33 heavy (non-hydrogen) atoms. The Hall–Kier alpha value is -0.545. The van der Waals surface area contributed by atoms with E-state index in [2.05, 4.69) is 9.47 Å². The van der Waals surface area contributed by atoms with Gasteiger partial charge < -0.3 is 14.2 Å². The molecule has 0 amide bonds. The SMILES string of the molecule is CC[C-](C)C(=O)OCCOC(=O)CCC(=O)OCCC(F)(F)C(F)(F)C(F)(F)C(F)(F)F.[Rb+]. The van der Waals surface area contributed by atoms with Crippen molar-refractivity contribution in [2.75, 3.05) is 19.8 Å². The number of esters is 3. The Balaban J connectivity index is 0. The summed E-state index contributed by atoms with van der Waals surface area (Å²) in [5, 5.41) is 0. The molecule has 0 atom stereocenters. The zero-order chi connectivity index (χ0) is 25.4. The largest absolute Gasteiger partial charge is 1.00 e. The zero-order valence-electron chi connectivity index (χ0n) is 17.8. The minimum absolute atomic E-state index is 0. The van der Waals surface area contributed by atoms with Crippen LogP contribution in [-0.2, 0) is 28.6 Å². The number of rotatable bonds is 13. The topological polar surface area (TPSA) is 78.9 Å². The van der Waals surface area contributed by atoms with Gasteiger partial charge in [0, 0.05) is 0 Å². The van der Waals surface area contributed by atoms with Crippen LogP contribution in [0.5, 0.6) is 0 Å². The van der Waals surface area contributed by atoms with Crippen LogP contribution in [0.3, 0.4) is 0 Å². The fraction of sp³-hybridized carbons (Fsp3) is 0.765. The predicted octanol–water partition coefficient (Wildman–Crippen LogP) is 1.26. The van der Waals surface area contributed by atoms with Gasteiger partial charge in [-0.15, -0.1) is 0 Å². The van der Waals surface area contributed by atoms with E-state index in [1.54, 1.807) is 6.92 Å². The van der Waals surface area contributed by atoms with E-state index in [1.807, 2.05) is 0 Å². The van der Waals surface area contributed by atoms with Crippen LogP contribution in [0.25, 0.3) is 0 Å². The fourth-order valence-electron chi connectivity index (χ4n) is 1.76. The third kappa shape index (κ3) is 10.3. The summed E-state index contributed by atoms with van der Waals surface area (Å²) < 4.78 is 127. The summed E-state index contributed by atoms with van der Waals surface area (Å²) in [5.74, 6) is -22.3. The molecule has 0 fully saturated rings. The van der Waals surface area contributed by atoms with Crippen molar-refractivity contribution < 1.29 is 126 Å². The fourth-order valence-corrected chi connectivity index (χ4v) is 1.76. The molecule has 0 saturated carbocycles. The molecule has 0 aromatic rings. The molecule has 6 nitrogen and oxygen atoms in total. The maximum Gasteiger partial charge on any atom is 1.00 e. The zero-order valence-corrected chi connectivity index (χ0v) is 22.7. The molecule has 0 aliphatic carbocycles. The van der Waals surface area contributed by atoms with Crippen molar-refractivity contribution in [3.8, 4) is 0 Å². The van der Waals surface area contributed by atoms with Crippen LogP contribution in [0.1, 0.15) is 39.5 Å². The maximum atomic E-state index is 13.3. The Labute approximate surface area is 231 Å². The smallest absolute Gasteiger partial charge is 0.484 e. The summed E-state index contributed by atoms with van der Waals surface area (Å²) in [6.07, 6.45) is -10.3. The Morgan fingerprint density at radius 3 is 1.58 bits per heavy atom. The molecular weight excluding hydrogens is 557 g/mol. The molecule has 0 rings (SSSR count). The molecule has 0 aromatic heterocycles. The molecule has 0 unspecified atom stereocenters. The van der Waals surface area contributed by atoms with Crippen molar-refractivity contribution in [1.82, 2.24) is 0 Å². The van der Waals surface area contributed by atoms with Gasteiger partial charge in [0.2, 0.25) is 0 Å². The number of carbonyl (C=O) groups excluding carboxylic acids is 3. The van der Waals surface area contributed by atoms with Gasteiger partial charge in [-0.25, -0.2) is 0 Å². The average molecular weight is 577 g/mol. The van der Waals surface area contributed by atoms with Crippen molar-refractivity contribution in [3.63, 3.8) is 0 Å². The summed E-state index contributed by atoms with van der Waals surface area (Å²) in [7, 11) is 0. The average Bonchev–Trinajstić information content (AvgIpc) is 2.67. The molecule has 0 saturated heterocycles. The first kappa shape index (κ1) is 34.6. The summed E-state index contributed by atoms with van der Waals surface area (Å²) in [4.78, 5) is 34.0. The first-order chi connectivity index (χ1) is 14.4. The van der Waals surface area contributed by atoms with Gasteiger partial charge in [0.25, 0.3) is 0 Å². The van der Waals surface area contributed by atoms with Crippen molar-refractivity contribution in [3.05, 3.63) is 5.92 Å². The molecular formula is C17H20F9O6Rb. The van der Waals surface area contributed by atoms with Crippen LogP contribution >= 0.6 is 0 Å². The predicted molar refractivity (Wildman–Crippen MR) is 86.8 cm³/mol. The van der Waals surface area contributed by atoms with E-state index in [0.29, 0.717) is 12.3 Å². The summed E-state index contributed by atoms with van der Waals surface area (Å²) in [6.45, 7) is 0.955. The molecule has 0 heterocycles. The number of halogens is 9. The monoisotopic (exact) mass is 576 g/mol. The summed E-state index contributed by atoms with van der Waals surface area (Å²) >= 11 is 0. The van der Waals surface area contributed by atoms with Gasteiger partial charge in [0.05, 0.1) is 25.9 Å². The molecule has 0 aliphatic rings. The normalized spacial score (nSPS) is 12.5. The van der Waals surface area contributed by atoms with Crippen LogP contribution < -0.4 is 58.2 Å². The van der Waals surface area contributed by atoms with Crippen molar-refractivity contribution >= 4 is 17.9 Å². The van der Waals surface area contributed by atoms with E-state index >= 15 is 0 Å². The Kier molecular flexibility index (Phi) is 14.8. The number of alkyl halides is 9. The number of ether oxygens (including phenoxy) is 3. The van der Waals surface area contributed by atoms with Crippen molar-refractivity contribution in [2.45, 2.75) is 63.5 Å². The Bertz CT molecular complexity index is 655. The number of carbonyl (C=O) groups is 3. The summed E-state index contributed by atoms with van der Waals surface area (Å²) in [6, 6.07) is 0. The number of hydrogen-bond donors (Lipinski definition) is 0. The van der Waals surface area contributed by atoms with Gasteiger partial charge in [-0.3, -0.25) is 20.3 Å². The van der Waals surface area contributed by atoms with Crippen LogP contribution in [0.15, 0.2) is 0 Å². The molecule has 0 N–H and O–H groups in total. The van der Waals surface area contributed by atoms with E-state index in [-0.39, 0.29) is 71.4 Å². The van der Waals surface area contributed by atoms with Gasteiger partial charge in [-0.2, -0.15) is 52.9 Å². The molecule has 0 spiro atoms. The quantitative estimate of drug-likeness (QED) is 0.108. The van der Waals surface area contributed by atoms with E-state index in [4.69, 9.17) is 4.74 Å². The van der Waals surface area contributed by atoms with Crippen LogP contribution in [0.4, 0.5) is 39.5 Å². The third-order valence-electron chi connectivity index (χ3n) is 3.88. The molecule has 0 radical (unpaired) electrons. The summed E-state index contributed by atoms with van der Waals surface area (Å²) in [5.41, 5.74) is 0. The van der Waals surface area contributed by atoms with E-state index in [1.165, 1.54) is 6.92 Å². The molecule has 16 heteroatoms. The van der Waals surface area contributed by atoms with Crippen LogP contribution in [-0.4, -0.2) is 61.7 Å². The first-order valence-electron chi connectivity index (χ1n) is 8.91. The van der Waals surface area contributed by atoms with Gasteiger partial charge >= 0.3 is 94.1 Å². The van der Waals surface area contributed by atoms with Crippen molar-refractivity contribution in [1.29, 1.82) is 0 Å². The van der Waals surface area contributed by atoms with Gasteiger partial charge in [0.1, 0.15) is 13.2 Å². The standard InChI is InChI=1S/C17H20F9O6.Rb/c1-3-10(2)13(29)32-9-8-31-12(28)5-4-11(27)30-7-6-14(18,19)15(20,21)16(22,23)17(24,25)26;/h3-9H2,1-2H3;/q-1;+1.